The molecule has 0 spiro atoms. The number of aromatic nitrogens is 1. The summed E-state index contributed by atoms with van der Waals surface area (Å²) in [6.07, 6.45) is 0. The fraction of sp³-hybridized carbons (Fsp3) is 0.0455. The van der Waals surface area contributed by atoms with E-state index in [1.807, 2.05) is 55.5 Å². The molecule has 4 nitrogen and oxygen atoms in total. The molecule has 0 saturated heterocycles. The number of aryl methyl sites for hydroxylation is 1. The molecule has 2 N–H and O–H groups in total. The predicted molar refractivity (Wildman–Crippen MR) is 133 cm³/mol. The maximum atomic E-state index is 12.5. The van der Waals surface area contributed by atoms with Crippen LogP contribution in [0.15, 0.2) is 66.7 Å². The fourth-order valence-electron chi connectivity index (χ4n) is 2.90. The summed E-state index contributed by atoms with van der Waals surface area (Å²) in [6, 6.07) is 21.5. The second kappa shape index (κ2) is 8.56. The highest BCUT2D eigenvalue weighted by atomic mass is 127. The SMILES string of the molecule is Cc1cccc(C(=O)NC(=S)Nc2ccc(I)cc2-c2nc3ccccc3s2)c1. The van der Waals surface area contributed by atoms with Crippen LogP contribution < -0.4 is 10.6 Å². The van der Waals surface area contributed by atoms with Crippen LogP contribution >= 0.6 is 46.1 Å². The fourth-order valence-corrected chi connectivity index (χ4v) is 4.59. The Morgan fingerprint density at radius 2 is 1.90 bits per heavy atom. The van der Waals surface area contributed by atoms with Crippen molar-refractivity contribution in [3.05, 3.63) is 81.4 Å². The summed E-state index contributed by atoms with van der Waals surface area (Å²) < 4.78 is 2.22. The van der Waals surface area contributed by atoms with Gasteiger partial charge in [-0.05, 0) is 84.2 Å². The molecular weight excluding hydrogens is 513 g/mol. The van der Waals surface area contributed by atoms with Crippen molar-refractivity contribution in [2.45, 2.75) is 6.92 Å². The topological polar surface area (TPSA) is 54.0 Å². The summed E-state index contributed by atoms with van der Waals surface area (Å²) in [5, 5.41) is 7.07. The van der Waals surface area contributed by atoms with Gasteiger partial charge < -0.3 is 5.32 Å². The van der Waals surface area contributed by atoms with Crippen LogP contribution in [-0.2, 0) is 0 Å². The standard InChI is InChI=1S/C22H16IN3OS2/c1-13-5-4-6-14(11-13)20(27)26-22(28)25-17-10-9-15(23)12-16(17)21-24-18-7-2-3-8-19(18)29-21/h2-12H,1H3,(H2,25,26,27,28). The van der Waals surface area contributed by atoms with Gasteiger partial charge in [-0.3, -0.25) is 10.1 Å². The Morgan fingerprint density at radius 3 is 2.69 bits per heavy atom. The molecule has 7 heteroatoms. The molecule has 0 aliphatic rings. The first-order valence-corrected chi connectivity index (χ1v) is 11.1. The van der Waals surface area contributed by atoms with E-state index < -0.39 is 0 Å². The van der Waals surface area contributed by atoms with Gasteiger partial charge >= 0.3 is 0 Å². The molecule has 29 heavy (non-hydrogen) atoms. The lowest BCUT2D eigenvalue weighted by molar-refractivity contribution is 0.0977. The summed E-state index contributed by atoms with van der Waals surface area (Å²) >= 11 is 9.30. The van der Waals surface area contributed by atoms with Crippen molar-refractivity contribution < 1.29 is 4.79 Å². The molecule has 1 amide bonds. The van der Waals surface area contributed by atoms with E-state index in [4.69, 9.17) is 17.2 Å². The first kappa shape index (κ1) is 19.9. The molecule has 0 atom stereocenters. The van der Waals surface area contributed by atoms with Crippen molar-refractivity contribution >= 4 is 73.1 Å². The van der Waals surface area contributed by atoms with Gasteiger partial charge in [0.05, 0.1) is 15.9 Å². The molecule has 1 heterocycles. The summed E-state index contributed by atoms with van der Waals surface area (Å²) in [5.74, 6) is -0.238. The number of fused-ring (bicyclic) bond motifs is 1. The quantitative estimate of drug-likeness (QED) is 0.253. The van der Waals surface area contributed by atoms with E-state index in [1.54, 1.807) is 17.4 Å². The molecule has 0 aliphatic heterocycles. The molecule has 0 saturated carbocycles. The largest absolute Gasteiger partial charge is 0.332 e. The number of carbonyl (C=O) groups is 1. The highest BCUT2D eigenvalue weighted by Gasteiger charge is 2.14. The Morgan fingerprint density at radius 1 is 1.07 bits per heavy atom. The molecule has 0 unspecified atom stereocenters. The molecule has 0 fully saturated rings. The minimum atomic E-state index is -0.238. The van der Waals surface area contributed by atoms with Crippen molar-refractivity contribution in [1.29, 1.82) is 0 Å². The zero-order valence-electron chi connectivity index (χ0n) is 15.4. The summed E-state index contributed by atoms with van der Waals surface area (Å²) in [4.78, 5) is 17.2. The zero-order chi connectivity index (χ0) is 20.4. The van der Waals surface area contributed by atoms with Crippen LogP contribution in [0.5, 0.6) is 0 Å². The molecule has 1 aromatic heterocycles. The van der Waals surface area contributed by atoms with E-state index in [-0.39, 0.29) is 11.0 Å². The van der Waals surface area contributed by atoms with Gasteiger partial charge in [0.25, 0.3) is 5.91 Å². The minimum absolute atomic E-state index is 0.238. The normalized spacial score (nSPS) is 10.7. The number of carbonyl (C=O) groups excluding carboxylic acids is 1. The lowest BCUT2D eigenvalue weighted by Gasteiger charge is -2.13. The Kier molecular flexibility index (Phi) is 5.89. The number of hydrogen-bond donors (Lipinski definition) is 2. The maximum Gasteiger partial charge on any atom is 0.257 e. The lowest BCUT2D eigenvalue weighted by Crippen LogP contribution is -2.34. The number of halogens is 1. The average molecular weight is 529 g/mol. The number of hydrogen-bond acceptors (Lipinski definition) is 4. The monoisotopic (exact) mass is 529 g/mol. The Hall–Kier alpha value is -2.36. The van der Waals surface area contributed by atoms with E-state index in [0.717, 1.165) is 35.6 Å². The van der Waals surface area contributed by atoms with Gasteiger partial charge in [-0.2, -0.15) is 0 Å². The number of benzene rings is 3. The third-order valence-corrected chi connectivity index (χ3v) is 6.21. The lowest BCUT2D eigenvalue weighted by atomic mass is 10.1. The highest BCUT2D eigenvalue weighted by molar-refractivity contribution is 14.1. The smallest absolute Gasteiger partial charge is 0.257 e. The van der Waals surface area contributed by atoms with Gasteiger partial charge in [-0.1, -0.05) is 29.8 Å². The number of rotatable bonds is 3. The highest BCUT2D eigenvalue weighted by Crippen LogP contribution is 2.35. The number of anilines is 1. The second-order valence-electron chi connectivity index (χ2n) is 6.45. The molecule has 3 aromatic carbocycles. The number of para-hydroxylation sites is 1. The summed E-state index contributed by atoms with van der Waals surface area (Å²) in [5.41, 5.74) is 4.31. The van der Waals surface area contributed by atoms with Crippen molar-refractivity contribution in [2.24, 2.45) is 0 Å². The molecule has 144 valence electrons. The molecule has 4 rings (SSSR count). The predicted octanol–water partition coefficient (Wildman–Crippen LogP) is 6.00. The van der Waals surface area contributed by atoms with Crippen LogP contribution in [0, 0.1) is 10.5 Å². The van der Waals surface area contributed by atoms with E-state index in [0.29, 0.717) is 5.56 Å². The van der Waals surface area contributed by atoms with Crippen molar-refractivity contribution in [2.75, 3.05) is 5.32 Å². The van der Waals surface area contributed by atoms with Gasteiger partial charge in [0.2, 0.25) is 0 Å². The van der Waals surface area contributed by atoms with Gasteiger partial charge in [0.15, 0.2) is 5.11 Å². The summed E-state index contributed by atoms with van der Waals surface area (Å²) in [7, 11) is 0. The van der Waals surface area contributed by atoms with Gasteiger partial charge in [0, 0.05) is 14.7 Å². The van der Waals surface area contributed by atoms with Crippen molar-refractivity contribution in [3.63, 3.8) is 0 Å². The number of nitrogens with zero attached hydrogens (tertiary/aromatic N) is 1. The van der Waals surface area contributed by atoms with Gasteiger partial charge in [0.1, 0.15) is 5.01 Å². The van der Waals surface area contributed by atoms with E-state index in [1.165, 1.54) is 0 Å². The van der Waals surface area contributed by atoms with Crippen molar-refractivity contribution in [1.82, 2.24) is 10.3 Å². The average Bonchev–Trinajstić information content (AvgIpc) is 3.13. The minimum Gasteiger partial charge on any atom is -0.332 e. The van der Waals surface area contributed by atoms with E-state index in [2.05, 4.69) is 45.4 Å². The number of thiocarbonyl (C=S) groups is 1. The molecule has 4 aromatic rings. The Bertz CT molecular complexity index is 1200. The van der Waals surface area contributed by atoms with Crippen LogP contribution in [0.1, 0.15) is 15.9 Å². The number of nitrogens with one attached hydrogen (secondary N) is 2. The zero-order valence-corrected chi connectivity index (χ0v) is 19.2. The molecule has 0 aliphatic carbocycles. The Labute approximate surface area is 191 Å². The van der Waals surface area contributed by atoms with E-state index >= 15 is 0 Å². The first-order valence-electron chi connectivity index (χ1n) is 8.84. The molecule has 0 radical (unpaired) electrons. The first-order chi connectivity index (χ1) is 14.0. The number of thiazole rings is 1. The Balaban J connectivity index is 1.59. The molecular formula is C22H16IN3OS2. The van der Waals surface area contributed by atoms with Crippen LogP contribution in [0.25, 0.3) is 20.8 Å². The maximum absolute atomic E-state index is 12.5. The van der Waals surface area contributed by atoms with Crippen LogP contribution in [-0.4, -0.2) is 16.0 Å². The van der Waals surface area contributed by atoms with E-state index in [9.17, 15) is 4.79 Å². The van der Waals surface area contributed by atoms with Crippen LogP contribution in [0.3, 0.4) is 0 Å². The number of amides is 1. The van der Waals surface area contributed by atoms with Gasteiger partial charge in [-0.25, -0.2) is 4.98 Å². The third kappa shape index (κ3) is 4.63. The second-order valence-corrected chi connectivity index (χ2v) is 9.14. The third-order valence-electron chi connectivity index (χ3n) is 4.26. The molecule has 0 bridgehead atoms. The summed E-state index contributed by atoms with van der Waals surface area (Å²) in [6.45, 7) is 1.95. The van der Waals surface area contributed by atoms with Gasteiger partial charge in [-0.15, -0.1) is 11.3 Å². The van der Waals surface area contributed by atoms with Crippen LogP contribution in [0.2, 0.25) is 0 Å². The van der Waals surface area contributed by atoms with Crippen LogP contribution in [0.4, 0.5) is 5.69 Å². The van der Waals surface area contributed by atoms with Crippen molar-refractivity contribution in [3.8, 4) is 10.6 Å².